The van der Waals surface area contributed by atoms with Gasteiger partial charge in [0.15, 0.2) is 0 Å². The molecule has 0 aliphatic heterocycles. The zero-order valence-electron chi connectivity index (χ0n) is 10.9. The van der Waals surface area contributed by atoms with Crippen molar-refractivity contribution in [2.75, 3.05) is 11.9 Å². The summed E-state index contributed by atoms with van der Waals surface area (Å²) in [7, 11) is 0. The molecule has 3 nitrogen and oxygen atoms in total. The Morgan fingerprint density at radius 2 is 1.88 bits per heavy atom. The molecule has 1 amide bonds. The Labute approximate surface area is 103 Å². The lowest BCUT2D eigenvalue weighted by molar-refractivity contribution is -0.125. The molecule has 3 heteroatoms. The van der Waals surface area contributed by atoms with Crippen LogP contribution in [-0.4, -0.2) is 12.5 Å². The van der Waals surface area contributed by atoms with Crippen LogP contribution in [0.2, 0.25) is 0 Å². The largest absolute Gasteiger partial charge is 0.329 e. The molecule has 94 valence electrons. The summed E-state index contributed by atoms with van der Waals surface area (Å²) in [6.07, 6.45) is 1.52. The summed E-state index contributed by atoms with van der Waals surface area (Å²) in [6, 6.07) is 7.78. The van der Waals surface area contributed by atoms with E-state index in [0.29, 0.717) is 6.54 Å². The highest BCUT2D eigenvalue weighted by atomic mass is 16.2. The van der Waals surface area contributed by atoms with Crippen LogP contribution in [0.1, 0.15) is 32.3 Å². The van der Waals surface area contributed by atoms with Gasteiger partial charge in [-0.3, -0.25) is 4.79 Å². The van der Waals surface area contributed by atoms with Gasteiger partial charge in [-0.05, 0) is 31.4 Å². The molecule has 0 aromatic heterocycles. The first-order valence-electron chi connectivity index (χ1n) is 6.16. The van der Waals surface area contributed by atoms with Crippen LogP contribution in [0, 0.1) is 12.3 Å². The van der Waals surface area contributed by atoms with E-state index in [1.807, 2.05) is 45.0 Å². The standard InChI is InChI=1S/C14H22N2O/c1-4-14(5-2,10-15)13(17)16-12-9-7-6-8-11(12)3/h6-9H,4-5,10,15H2,1-3H3,(H,16,17). The minimum atomic E-state index is -0.442. The lowest BCUT2D eigenvalue weighted by Gasteiger charge is -2.28. The van der Waals surface area contributed by atoms with Crippen molar-refractivity contribution < 1.29 is 4.79 Å². The Balaban J connectivity index is 2.88. The van der Waals surface area contributed by atoms with Gasteiger partial charge in [0.2, 0.25) is 5.91 Å². The zero-order valence-corrected chi connectivity index (χ0v) is 10.9. The highest BCUT2D eigenvalue weighted by molar-refractivity contribution is 5.96. The summed E-state index contributed by atoms with van der Waals surface area (Å²) in [6.45, 7) is 6.39. The maximum atomic E-state index is 12.3. The van der Waals surface area contributed by atoms with Crippen molar-refractivity contribution in [3.63, 3.8) is 0 Å². The highest BCUT2D eigenvalue weighted by Gasteiger charge is 2.33. The Hall–Kier alpha value is -1.35. The number of nitrogens with two attached hydrogens (primary N) is 1. The molecule has 1 aromatic rings. The molecule has 0 heterocycles. The fourth-order valence-electron chi connectivity index (χ4n) is 1.92. The van der Waals surface area contributed by atoms with Gasteiger partial charge in [0.1, 0.15) is 0 Å². The van der Waals surface area contributed by atoms with Gasteiger partial charge in [-0.15, -0.1) is 0 Å². The second kappa shape index (κ2) is 5.82. The Morgan fingerprint density at radius 1 is 1.29 bits per heavy atom. The Kier molecular flexibility index (Phi) is 4.70. The van der Waals surface area contributed by atoms with E-state index in [-0.39, 0.29) is 5.91 Å². The molecule has 1 rings (SSSR count). The smallest absolute Gasteiger partial charge is 0.231 e. The van der Waals surface area contributed by atoms with Crippen LogP contribution in [0.4, 0.5) is 5.69 Å². The molecule has 0 spiro atoms. The number of para-hydroxylation sites is 1. The number of anilines is 1. The summed E-state index contributed by atoms with van der Waals surface area (Å²) >= 11 is 0. The van der Waals surface area contributed by atoms with E-state index in [2.05, 4.69) is 5.32 Å². The van der Waals surface area contributed by atoms with E-state index in [1.54, 1.807) is 0 Å². The molecular weight excluding hydrogens is 212 g/mol. The van der Waals surface area contributed by atoms with Crippen LogP contribution in [0.3, 0.4) is 0 Å². The maximum Gasteiger partial charge on any atom is 0.231 e. The van der Waals surface area contributed by atoms with Crippen molar-refractivity contribution in [1.82, 2.24) is 0 Å². The number of amides is 1. The molecule has 3 N–H and O–H groups in total. The monoisotopic (exact) mass is 234 g/mol. The lowest BCUT2D eigenvalue weighted by atomic mass is 9.81. The number of carbonyl (C=O) groups is 1. The van der Waals surface area contributed by atoms with Crippen molar-refractivity contribution in [2.24, 2.45) is 11.1 Å². The maximum absolute atomic E-state index is 12.3. The molecule has 0 radical (unpaired) electrons. The first kappa shape index (κ1) is 13.7. The van der Waals surface area contributed by atoms with E-state index < -0.39 is 5.41 Å². The summed E-state index contributed by atoms with van der Waals surface area (Å²) in [5.74, 6) is 0.0271. The van der Waals surface area contributed by atoms with E-state index in [4.69, 9.17) is 5.73 Å². The van der Waals surface area contributed by atoms with Gasteiger partial charge in [0.05, 0.1) is 5.41 Å². The number of aryl methyl sites for hydroxylation is 1. The van der Waals surface area contributed by atoms with E-state index in [1.165, 1.54) is 0 Å². The summed E-state index contributed by atoms with van der Waals surface area (Å²) in [4.78, 5) is 12.3. The van der Waals surface area contributed by atoms with Crippen LogP contribution in [0.25, 0.3) is 0 Å². The van der Waals surface area contributed by atoms with Gasteiger partial charge in [0, 0.05) is 12.2 Å². The summed E-state index contributed by atoms with van der Waals surface area (Å²) in [5, 5.41) is 2.98. The molecule has 0 bridgehead atoms. The molecular formula is C14H22N2O. The van der Waals surface area contributed by atoms with E-state index >= 15 is 0 Å². The minimum Gasteiger partial charge on any atom is -0.329 e. The average molecular weight is 234 g/mol. The molecule has 0 unspecified atom stereocenters. The predicted molar refractivity (Wildman–Crippen MR) is 71.9 cm³/mol. The van der Waals surface area contributed by atoms with Crippen LogP contribution < -0.4 is 11.1 Å². The molecule has 0 saturated carbocycles. The molecule has 0 aliphatic rings. The third-order valence-corrected chi connectivity index (χ3v) is 3.62. The van der Waals surface area contributed by atoms with Crippen molar-refractivity contribution in [3.8, 4) is 0 Å². The highest BCUT2D eigenvalue weighted by Crippen LogP contribution is 2.27. The molecule has 1 aromatic carbocycles. The number of hydrogen-bond donors (Lipinski definition) is 2. The Morgan fingerprint density at radius 3 is 2.35 bits per heavy atom. The minimum absolute atomic E-state index is 0.0271. The van der Waals surface area contributed by atoms with Crippen LogP contribution >= 0.6 is 0 Å². The number of benzene rings is 1. The number of hydrogen-bond acceptors (Lipinski definition) is 2. The summed E-state index contributed by atoms with van der Waals surface area (Å²) < 4.78 is 0. The van der Waals surface area contributed by atoms with Crippen LogP contribution in [0.5, 0.6) is 0 Å². The van der Waals surface area contributed by atoms with Gasteiger partial charge < -0.3 is 11.1 Å². The van der Waals surface area contributed by atoms with Gasteiger partial charge in [-0.2, -0.15) is 0 Å². The number of rotatable bonds is 5. The van der Waals surface area contributed by atoms with Crippen LogP contribution in [-0.2, 0) is 4.79 Å². The Bertz CT molecular complexity index is 375. The molecule has 0 aliphatic carbocycles. The van der Waals surface area contributed by atoms with Crippen molar-refractivity contribution >= 4 is 11.6 Å². The SMILES string of the molecule is CCC(CC)(CN)C(=O)Nc1ccccc1C. The predicted octanol–water partition coefficient (Wildman–Crippen LogP) is 2.70. The summed E-state index contributed by atoms with van der Waals surface area (Å²) in [5.41, 5.74) is 7.26. The van der Waals surface area contributed by atoms with Crippen molar-refractivity contribution in [3.05, 3.63) is 29.8 Å². The van der Waals surface area contributed by atoms with Gasteiger partial charge in [0.25, 0.3) is 0 Å². The fraction of sp³-hybridized carbons (Fsp3) is 0.500. The van der Waals surface area contributed by atoms with Gasteiger partial charge in [-0.25, -0.2) is 0 Å². The van der Waals surface area contributed by atoms with Gasteiger partial charge >= 0.3 is 0 Å². The second-order valence-electron chi connectivity index (χ2n) is 4.46. The third-order valence-electron chi connectivity index (χ3n) is 3.62. The first-order valence-corrected chi connectivity index (χ1v) is 6.16. The molecule has 17 heavy (non-hydrogen) atoms. The average Bonchev–Trinajstić information content (AvgIpc) is 2.35. The van der Waals surface area contributed by atoms with E-state index in [9.17, 15) is 4.79 Å². The van der Waals surface area contributed by atoms with Gasteiger partial charge in [-0.1, -0.05) is 32.0 Å². The van der Waals surface area contributed by atoms with E-state index in [0.717, 1.165) is 24.1 Å². The quantitative estimate of drug-likeness (QED) is 0.823. The van der Waals surface area contributed by atoms with Crippen molar-refractivity contribution in [2.45, 2.75) is 33.6 Å². The molecule has 0 saturated heterocycles. The lowest BCUT2D eigenvalue weighted by Crippen LogP contribution is -2.41. The molecule has 0 atom stereocenters. The number of nitrogens with one attached hydrogen (secondary N) is 1. The second-order valence-corrected chi connectivity index (χ2v) is 4.46. The van der Waals surface area contributed by atoms with Crippen molar-refractivity contribution in [1.29, 1.82) is 0 Å². The van der Waals surface area contributed by atoms with Crippen LogP contribution in [0.15, 0.2) is 24.3 Å². The first-order chi connectivity index (χ1) is 8.09. The zero-order chi connectivity index (χ0) is 12.9. The topological polar surface area (TPSA) is 55.1 Å². The normalized spacial score (nSPS) is 11.3. The molecule has 0 fully saturated rings. The third kappa shape index (κ3) is 2.86. The number of carbonyl (C=O) groups excluding carboxylic acids is 1. The fourth-order valence-corrected chi connectivity index (χ4v) is 1.92.